The molecule has 324 valence electrons. The van der Waals surface area contributed by atoms with Gasteiger partial charge < -0.3 is 14.2 Å². The predicted octanol–water partition coefficient (Wildman–Crippen LogP) is 15.4. The molecule has 0 amide bonds. The first-order valence-electron chi connectivity index (χ1n) is 24.2. The van der Waals surface area contributed by atoms with E-state index in [0.29, 0.717) is 19.3 Å². The Labute approximate surface area is 341 Å². The molecule has 0 aromatic heterocycles. The fourth-order valence-corrected chi connectivity index (χ4v) is 7.08. The van der Waals surface area contributed by atoms with Crippen LogP contribution in [-0.4, -0.2) is 37.2 Å². The van der Waals surface area contributed by atoms with Gasteiger partial charge in [-0.05, 0) is 44.9 Å². The van der Waals surface area contributed by atoms with Crippen LogP contribution in [-0.2, 0) is 28.6 Å². The number of hydrogen-bond acceptors (Lipinski definition) is 6. The standard InChI is InChI=1S/C49H92O6/c1-4-7-10-13-16-19-20-21-22-23-24-25-26-27-28-31-33-36-39-42-48(51)54-45-46(55-49(52)43-40-37-34-30-18-15-12-9-6-3)44-53-47(50)41-38-35-32-29-17-14-11-8-5-2/h21-22,46H,4-20,23-45H2,1-3H3/b22-21-. The van der Waals surface area contributed by atoms with Crippen LogP contribution in [0.1, 0.15) is 265 Å². The Morgan fingerprint density at radius 1 is 0.345 bits per heavy atom. The van der Waals surface area contributed by atoms with E-state index >= 15 is 0 Å². The van der Waals surface area contributed by atoms with Gasteiger partial charge in [0.25, 0.3) is 0 Å². The molecule has 0 fully saturated rings. The van der Waals surface area contributed by atoms with Crippen LogP contribution in [0, 0.1) is 0 Å². The number of carbonyl (C=O) groups excluding carboxylic acids is 3. The average molecular weight is 777 g/mol. The Hall–Kier alpha value is -1.85. The van der Waals surface area contributed by atoms with Gasteiger partial charge in [0.2, 0.25) is 0 Å². The summed E-state index contributed by atoms with van der Waals surface area (Å²) >= 11 is 0. The lowest BCUT2D eigenvalue weighted by molar-refractivity contribution is -0.167. The number of ether oxygens (including phenoxy) is 3. The third-order valence-corrected chi connectivity index (χ3v) is 10.8. The van der Waals surface area contributed by atoms with Gasteiger partial charge in [0.15, 0.2) is 6.10 Å². The Morgan fingerprint density at radius 2 is 0.600 bits per heavy atom. The van der Waals surface area contributed by atoms with Gasteiger partial charge in [-0.15, -0.1) is 0 Å². The third kappa shape index (κ3) is 43.1. The second-order valence-electron chi connectivity index (χ2n) is 16.4. The minimum absolute atomic E-state index is 0.0665. The van der Waals surface area contributed by atoms with E-state index in [0.717, 1.165) is 57.8 Å². The SMILES string of the molecule is CCCCCCCC/C=C\CCCCCCCCCCCC(=O)OCC(COC(=O)CCCCCCCCCCC)OC(=O)CCCCCCCCCCC. The van der Waals surface area contributed by atoms with Crippen molar-refractivity contribution in [2.45, 2.75) is 271 Å². The molecule has 0 radical (unpaired) electrons. The summed E-state index contributed by atoms with van der Waals surface area (Å²) in [5, 5.41) is 0. The second kappa shape index (κ2) is 44.9. The first kappa shape index (κ1) is 53.1. The normalized spacial score (nSPS) is 12.0. The van der Waals surface area contributed by atoms with Crippen molar-refractivity contribution in [3.05, 3.63) is 12.2 Å². The molecule has 0 aliphatic carbocycles. The van der Waals surface area contributed by atoms with E-state index in [4.69, 9.17) is 14.2 Å². The maximum atomic E-state index is 12.7. The van der Waals surface area contributed by atoms with Crippen molar-refractivity contribution in [3.63, 3.8) is 0 Å². The Bertz CT molecular complexity index is 854. The van der Waals surface area contributed by atoms with E-state index in [1.807, 2.05) is 0 Å². The molecule has 0 aromatic carbocycles. The summed E-state index contributed by atoms with van der Waals surface area (Å²) in [6.45, 7) is 6.61. The van der Waals surface area contributed by atoms with E-state index in [1.54, 1.807) is 0 Å². The quantitative estimate of drug-likeness (QED) is 0.0265. The van der Waals surface area contributed by atoms with Gasteiger partial charge in [-0.1, -0.05) is 213 Å². The molecule has 0 rings (SSSR count). The van der Waals surface area contributed by atoms with Gasteiger partial charge >= 0.3 is 17.9 Å². The Morgan fingerprint density at radius 3 is 0.909 bits per heavy atom. The molecule has 0 aliphatic rings. The predicted molar refractivity (Wildman–Crippen MR) is 233 cm³/mol. The van der Waals surface area contributed by atoms with Gasteiger partial charge in [0, 0.05) is 19.3 Å². The van der Waals surface area contributed by atoms with Crippen molar-refractivity contribution in [1.29, 1.82) is 0 Å². The van der Waals surface area contributed by atoms with Crippen LogP contribution >= 0.6 is 0 Å². The molecule has 6 heteroatoms. The molecule has 6 nitrogen and oxygen atoms in total. The number of hydrogen-bond donors (Lipinski definition) is 0. The highest BCUT2D eigenvalue weighted by Crippen LogP contribution is 2.15. The third-order valence-electron chi connectivity index (χ3n) is 10.8. The fourth-order valence-electron chi connectivity index (χ4n) is 7.08. The van der Waals surface area contributed by atoms with Gasteiger partial charge in [-0.2, -0.15) is 0 Å². The number of carbonyl (C=O) groups is 3. The van der Waals surface area contributed by atoms with Crippen LogP contribution in [0.25, 0.3) is 0 Å². The van der Waals surface area contributed by atoms with E-state index in [1.165, 1.54) is 167 Å². The first-order valence-corrected chi connectivity index (χ1v) is 24.2. The zero-order valence-electron chi connectivity index (χ0n) is 37.0. The molecular weight excluding hydrogens is 685 g/mol. The zero-order valence-corrected chi connectivity index (χ0v) is 37.0. The largest absolute Gasteiger partial charge is 0.462 e. The van der Waals surface area contributed by atoms with Crippen molar-refractivity contribution in [3.8, 4) is 0 Å². The fraction of sp³-hybridized carbons (Fsp3) is 0.898. The lowest BCUT2D eigenvalue weighted by Crippen LogP contribution is -2.30. The lowest BCUT2D eigenvalue weighted by atomic mass is 10.1. The molecule has 0 spiro atoms. The summed E-state index contributed by atoms with van der Waals surface area (Å²) in [4.78, 5) is 37.7. The summed E-state index contributed by atoms with van der Waals surface area (Å²) in [5.74, 6) is -0.864. The topological polar surface area (TPSA) is 78.9 Å². The van der Waals surface area contributed by atoms with Crippen molar-refractivity contribution >= 4 is 17.9 Å². The Kier molecular flexibility index (Phi) is 43.4. The van der Waals surface area contributed by atoms with Crippen molar-refractivity contribution in [2.75, 3.05) is 13.2 Å². The summed E-state index contributed by atoms with van der Waals surface area (Å²) in [5.41, 5.74) is 0. The van der Waals surface area contributed by atoms with Gasteiger partial charge in [0.05, 0.1) is 0 Å². The van der Waals surface area contributed by atoms with Crippen LogP contribution in [0.4, 0.5) is 0 Å². The number of unbranched alkanes of at least 4 members (excludes halogenated alkanes) is 31. The molecule has 0 N–H and O–H groups in total. The molecule has 1 unspecified atom stereocenters. The molecule has 0 heterocycles. The second-order valence-corrected chi connectivity index (χ2v) is 16.4. The summed E-state index contributed by atoms with van der Waals surface area (Å²) in [7, 11) is 0. The molecule has 0 aliphatic heterocycles. The highest BCUT2D eigenvalue weighted by atomic mass is 16.6. The Balaban J connectivity index is 4.20. The molecule has 0 saturated heterocycles. The maximum absolute atomic E-state index is 12.7. The molecule has 1 atom stereocenters. The van der Waals surface area contributed by atoms with Crippen LogP contribution in [0.15, 0.2) is 12.2 Å². The van der Waals surface area contributed by atoms with Crippen LogP contribution in [0.5, 0.6) is 0 Å². The van der Waals surface area contributed by atoms with Crippen LogP contribution < -0.4 is 0 Å². The van der Waals surface area contributed by atoms with Gasteiger partial charge in [0.1, 0.15) is 13.2 Å². The monoisotopic (exact) mass is 777 g/mol. The highest BCUT2D eigenvalue weighted by Gasteiger charge is 2.19. The molecule has 0 saturated carbocycles. The number of rotatable bonds is 44. The van der Waals surface area contributed by atoms with E-state index in [9.17, 15) is 14.4 Å². The molecule has 0 bridgehead atoms. The molecule has 0 aromatic rings. The zero-order chi connectivity index (χ0) is 40.1. The number of allylic oxidation sites excluding steroid dienone is 2. The average Bonchev–Trinajstić information content (AvgIpc) is 3.18. The van der Waals surface area contributed by atoms with Crippen molar-refractivity contribution in [1.82, 2.24) is 0 Å². The van der Waals surface area contributed by atoms with Crippen LogP contribution in [0.3, 0.4) is 0 Å². The van der Waals surface area contributed by atoms with E-state index in [-0.39, 0.29) is 31.1 Å². The van der Waals surface area contributed by atoms with Crippen molar-refractivity contribution in [2.24, 2.45) is 0 Å². The molecule has 55 heavy (non-hydrogen) atoms. The summed E-state index contributed by atoms with van der Waals surface area (Å²) < 4.78 is 16.7. The minimum Gasteiger partial charge on any atom is -0.462 e. The summed E-state index contributed by atoms with van der Waals surface area (Å²) in [6.07, 6.45) is 47.7. The van der Waals surface area contributed by atoms with Gasteiger partial charge in [-0.3, -0.25) is 14.4 Å². The minimum atomic E-state index is -0.761. The smallest absolute Gasteiger partial charge is 0.306 e. The van der Waals surface area contributed by atoms with E-state index < -0.39 is 6.10 Å². The molecular formula is C49H92O6. The lowest BCUT2D eigenvalue weighted by Gasteiger charge is -2.18. The highest BCUT2D eigenvalue weighted by molar-refractivity contribution is 5.71. The van der Waals surface area contributed by atoms with E-state index in [2.05, 4.69) is 32.9 Å². The summed E-state index contributed by atoms with van der Waals surface area (Å²) in [6, 6.07) is 0. The maximum Gasteiger partial charge on any atom is 0.306 e. The van der Waals surface area contributed by atoms with Crippen molar-refractivity contribution < 1.29 is 28.6 Å². The van der Waals surface area contributed by atoms with Crippen LogP contribution in [0.2, 0.25) is 0 Å². The number of esters is 3. The van der Waals surface area contributed by atoms with Gasteiger partial charge in [-0.25, -0.2) is 0 Å². The first-order chi connectivity index (χ1) is 27.0.